The van der Waals surface area contributed by atoms with Gasteiger partial charge in [0.1, 0.15) is 11.5 Å². The summed E-state index contributed by atoms with van der Waals surface area (Å²) in [6.07, 6.45) is 0.871. The third-order valence-corrected chi connectivity index (χ3v) is 4.49. The molecule has 0 aromatic heterocycles. The molecule has 5 heteroatoms. The highest BCUT2D eigenvalue weighted by Gasteiger charge is 2.43. The molecule has 0 radical (unpaired) electrons. The van der Waals surface area contributed by atoms with Gasteiger partial charge >= 0.3 is 0 Å². The Hall–Kier alpha value is -2.82. The first-order valence-corrected chi connectivity index (χ1v) is 8.25. The molecule has 25 heavy (non-hydrogen) atoms. The third kappa shape index (κ3) is 3.82. The lowest BCUT2D eigenvalue weighted by Gasteiger charge is -2.10. The molecule has 0 saturated heterocycles. The van der Waals surface area contributed by atoms with Crippen LogP contribution in [0.3, 0.4) is 0 Å². The zero-order chi connectivity index (χ0) is 17.8. The Morgan fingerprint density at radius 2 is 1.88 bits per heavy atom. The van der Waals surface area contributed by atoms with Crippen molar-refractivity contribution < 1.29 is 14.3 Å². The number of hydrazone groups is 1. The molecule has 5 nitrogen and oxygen atoms in total. The van der Waals surface area contributed by atoms with Crippen LogP contribution in [0.4, 0.5) is 0 Å². The second-order valence-electron chi connectivity index (χ2n) is 6.10. The van der Waals surface area contributed by atoms with Crippen LogP contribution in [0.5, 0.6) is 11.5 Å². The Labute approximate surface area is 147 Å². The van der Waals surface area contributed by atoms with Crippen LogP contribution in [-0.2, 0) is 4.79 Å². The van der Waals surface area contributed by atoms with Crippen molar-refractivity contribution in [3.05, 3.63) is 59.7 Å². The fourth-order valence-electron chi connectivity index (χ4n) is 2.93. The van der Waals surface area contributed by atoms with Gasteiger partial charge in [-0.2, -0.15) is 5.10 Å². The predicted molar refractivity (Wildman–Crippen MR) is 97.2 cm³/mol. The van der Waals surface area contributed by atoms with Gasteiger partial charge in [-0.1, -0.05) is 30.3 Å². The summed E-state index contributed by atoms with van der Waals surface area (Å²) in [6, 6.07) is 15.6. The zero-order valence-electron chi connectivity index (χ0n) is 14.7. The first kappa shape index (κ1) is 17.0. The van der Waals surface area contributed by atoms with E-state index >= 15 is 0 Å². The molecule has 2 atom stereocenters. The molecule has 0 heterocycles. The summed E-state index contributed by atoms with van der Waals surface area (Å²) in [5.74, 6) is 1.62. The molecule has 130 valence electrons. The lowest BCUT2D eigenvalue weighted by molar-refractivity contribution is -0.122. The lowest BCUT2D eigenvalue weighted by atomic mass is 10.1. The van der Waals surface area contributed by atoms with Gasteiger partial charge in [0.2, 0.25) is 5.91 Å². The number of nitrogens with zero attached hydrogens (tertiary/aromatic N) is 1. The average molecular weight is 338 g/mol. The van der Waals surface area contributed by atoms with Gasteiger partial charge < -0.3 is 9.47 Å². The van der Waals surface area contributed by atoms with E-state index in [9.17, 15) is 4.79 Å². The van der Waals surface area contributed by atoms with E-state index in [4.69, 9.17) is 9.47 Å². The largest absolute Gasteiger partial charge is 0.497 e. The van der Waals surface area contributed by atoms with Crippen LogP contribution >= 0.6 is 0 Å². The number of ether oxygens (including phenoxy) is 2. The smallest absolute Gasteiger partial charge is 0.243 e. The summed E-state index contributed by atoms with van der Waals surface area (Å²) >= 11 is 0. The third-order valence-electron chi connectivity index (χ3n) is 4.49. The molecule has 1 aliphatic carbocycles. The summed E-state index contributed by atoms with van der Waals surface area (Å²) in [5, 5.41) is 4.24. The maximum Gasteiger partial charge on any atom is 0.243 e. The summed E-state index contributed by atoms with van der Waals surface area (Å²) < 4.78 is 10.6. The number of hydrogen-bond donors (Lipinski definition) is 1. The molecule has 1 amide bonds. The van der Waals surface area contributed by atoms with E-state index in [1.807, 2.05) is 37.3 Å². The molecule has 1 N–H and O–H groups in total. The van der Waals surface area contributed by atoms with Gasteiger partial charge in [0, 0.05) is 17.5 Å². The van der Waals surface area contributed by atoms with Gasteiger partial charge in [-0.25, -0.2) is 5.43 Å². The highest BCUT2D eigenvalue weighted by Crippen LogP contribution is 2.47. The molecule has 2 aromatic carbocycles. The van der Waals surface area contributed by atoms with E-state index < -0.39 is 0 Å². The summed E-state index contributed by atoms with van der Waals surface area (Å²) in [7, 11) is 3.20. The molecule has 0 unspecified atom stereocenters. The van der Waals surface area contributed by atoms with Crippen LogP contribution < -0.4 is 14.9 Å². The fourth-order valence-corrected chi connectivity index (χ4v) is 2.93. The van der Waals surface area contributed by atoms with Gasteiger partial charge in [-0.15, -0.1) is 0 Å². The highest BCUT2D eigenvalue weighted by atomic mass is 16.5. The Kier molecular flexibility index (Phi) is 5.03. The first-order valence-electron chi connectivity index (χ1n) is 8.25. The van der Waals surface area contributed by atoms with Crippen molar-refractivity contribution in [1.29, 1.82) is 0 Å². The number of carbonyl (C=O) groups is 1. The molecule has 0 bridgehead atoms. The molecule has 2 aromatic rings. The Balaban J connectivity index is 1.65. The Bertz CT molecular complexity index is 787. The van der Waals surface area contributed by atoms with Crippen LogP contribution in [0.15, 0.2) is 53.6 Å². The van der Waals surface area contributed by atoms with Gasteiger partial charge in [-0.05, 0) is 37.0 Å². The Morgan fingerprint density at radius 1 is 1.12 bits per heavy atom. The minimum absolute atomic E-state index is 0.00304. The average Bonchev–Trinajstić information content (AvgIpc) is 3.47. The van der Waals surface area contributed by atoms with Gasteiger partial charge in [0.05, 0.1) is 19.9 Å². The maximum absolute atomic E-state index is 12.3. The standard InChI is InChI=1S/C20H22N2O3/c1-13(16-10-9-15(24-2)11-19(16)25-3)21-22-20(23)18-12-17(18)14-7-5-4-6-8-14/h4-11,17-18H,12H2,1-3H3,(H,22,23)/b21-13-/t17-,18+/m0/s1. The fraction of sp³-hybridized carbons (Fsp3) is 0.300. The van der Waals surface area contributed by atoms with Gasteiger partial charge in [0.25, 0.3) is 0 Å². The van der Waals surface area contributed by atoms with E-state index in [1.165, 1.54) is 5.56 Å². The molecule has 1 aliphatic rings. The predicted octanol–water partition coefficient (Wildman–Crippen LogP) is 3.35. The lowest BCUT2D eigenvalue weighted by Crippen LogP contribution is -2.21. The molecule has 1 fully saturated rings. The van der Waals surface area contributed by atoms with Crippen LogP contribution in [0.25, 0.3) is 0 Å². The van der Waals surface area contributed by atoms with Crippen LogP contribution in [0.2, 0.25) is 0 Å². The molecule has 0 aliphatic heterocycles. The number of carbonyl (C=O) groups excluding carboxylic acids is 1. The summed E-state index contributed by atoms with van der Waals surface area (Å²) in [5.41, 5.74) is 5.40. The monoisotopic (exact) mass is 338 g/mol. The number of methoxy groups -OCH3 is 2. The van der Waals surface area contributed by atoms with Gasteiger partial charge in [-0.3, -0.25) is 4.79 Å². The summed E-state index contributed by atoms with van der Waals surface area (Å²) in [4.78, 5) is 12.3. The second kappa shape index (κ2) is 7.38. The SMILES string of the molecule is COc1ccc(/C(C)=N\NC(=O)[C@@H]2C[C@H]2c2ccccc2)c(OC)c1. The minimum Gasteiger partial charge on any atom is -0.497 e. The number of benzene rings is 2. The van der Waals surface area contributed by atoms with Crippen molar-refractivity contribution in [3.8, 4) is 11.5 Å². The number of amides is 1. The normalized spacial score (nSPS) is 19.2. The van der Waals surface area contributed by atoms with E-state index in [2.05, 4.69) is 22.7 Å². The number of rotatable bonds is 6. The Morgan fingerprint density at radius 3 is 2.56 bits per heavy atom. The van der Waals surface area contributed by atoms with E-state index in [1.54, 1.807) is 20.3 Å². The van der Waals surface area contributed by atoms with Crippen molar-refractivity contribution in [2.75, 3.05) is 14.2 Å². The van der Waals surface area contributed by atoms with E-state index in [0.717, 1.165) is 12.0 Å². The zero-order valence-corrected chi connectivity index (χ0v) is 14.7. The van der Waals surface area contributed by atoms with Gasteiger partial charge in [0.15, 0.2) is 0 Å². The van der Waals surface area contributed by atoms with Crippen molar-refractivity contribution in [2.45, 2.75) is 19.3 Å². The van der Waals surface area contributed by atoms with E-state index in [-0.39, 0.29) is 11.8 Å². The topological polar surface area (TPSA) is 59.9 Å². The molecule has 3 rings (SSSR count). The van der Waals surface area contributed by atoms with Crippen molar-refractivity contribution in [1.82, 2.24) is 5.43 Å². The molecular weight excluding hydrogens is 316 g/mol. The number of hydrogen-bond acceptors (Lipinski definition) is 4. The van der Waals surface area contributed by atoms with Crippen molar-refractivity contribution in [2.24, 2.45) is 11.0 Å². The number of nitrogens with one attached hydrogen (secondary N) is 1. The van der Waals surface area contributed by atoms with Crippen molar-refractivity contribution in [3.63, 3.8) is 0 Å². The summed E-state index contributed by atoms with van der Waals surface area (Å²) in [6.45, 7) is 1.84. The first-order chi connectivity index (χ1) is 12.1. The van der Waals surface area contributed by atoms with Crippen LogP contribution in [0.1, 0.15) is 30.4 Å². The quantitative estimate of drug-likeness (QED) is 0.649. The molecular formula is C20H22N2O3. The molecule has 1 saturated carbocycles. The van der Waals surface area contributed by atoms with Crippen LogP contribution in [-0.4, -0.2) is 25.8 Å². The maximum atomic E-state index is 12.3. The highest BCUT2D eigenvalue weighted by molar-refractivity contribution is 6.02. The van der Waals surface area contributed by atoms with Crippen molar-refractivity contribution >= 4 is 11.6 Å². The minimum atomic E-state index is -0.0410. The second-order valence-corrected chi connectivity index (χ2v) is 6.10. The van der Waals surface area contributed by atoms with E-state index in [0.29, 0.717) is 23.1 Å². The van der Waals surface area contributed by atoms with Crippen LogP contribution in [0, 0.1) is 5.92 Å². The molecule has 0 spiro atoms.